The van der Waals surface area contributed by atoms with E-state index in [0.717, 1.165) is 61.1 Å². The second-order valence-electron chi connectivity index (χ2n) is 17.1. The van der Waals surface area contributed by atoms with Crippen LogP contribution in [0.5, 0.6) is 11.5 Å². The smallest absolute Gasteiger partial charge is 0.503 e. The Kier molecular flexibility index (Phi) is 9.15. The Hall–Kier alpha value is -4.94. The summed E-state index contributed by atoms with van der Waals surface area (Å²) in [6.07, 6.45) is 2.95. The average molecular weight is 960 g/mol. The van der Waals surface area contributed by atoms with E-state index in [9.17, 15) is 0 Å². The molecule has 0 spiro atoms. The number of aromatic nitrogens is 4. The van der Waals surface area contributed by atoms with Crippen LogP contribution in [0.25, 0.3) is 79.2 Å². The van der Waals surface area contributed by atoms with E-state index in [0.29, 0.717) is 11.5 Å². The number of aryl methyl sites for hydroxylation is 1. The van der Waals surface area contributed by atoms with E-state index in [-0.39, 0.29) is 31.9 Å². The number of rotatable bonds is 5. The molecule has 0 atom stereocenters. The van der Waals surface area contributed by atoms with Gasteiger partial charge in [0, 0.05) is 59.9 Å². The van der Waals surface area contributed by atoms with Crippen molar-refractivity contribution >= 4 is 84.8 Å². The van der Waals surface area contributed by atoms with Gasteiger partial charge in [-0.05, 0) is 65.0 Å². The summed E-state index contributed by atoms with van der Waals surface area (Å²) in [6.45, 7) is 15.6. The molecular formula is C49H40N4OPtS2. The molecule has 0 aliphatic carbocycles. The van der Waals surface area contributed by atoms with E-state index in [2.05, 4.69) is 143 Å². The summed E-state index contributed by atoms with van der Waals surface area (Å²) >= 11 is 3.70. The molecule has 284 valence electrons. The van der Waals surface area contributed by atoms with Gasteiger partial charge in [0.05, 0.1) is 15.1 Å². The number of hydrogen-bond acceptors (Lipinski definition) is 6. The third-order valence-corrected chi connectivity index (χ3v) is 13.2. The van der Waals surface area contributed by atoms with Crippen molar-refractivity contribution in [3.63, 3.8) is 0 Å². The molecule has 5 aromatic heterocycles. The molecule has 10 aromatic rings. The molecule has 0 N–H and O–H groups in total. The maximum Gasteiger partial charge on any atom is 2.00 e. The van der Waals surface area contributed by atoms with Crippen LogP contribution < -0.4 is 4.74 Å². The minimum atomic E-state index is -0.0142. The summed E-state index contributed by atoms with van der Waals surface area (Å²) in [5, 5.41) is 16.7. The summed E-state index contributed by atoms with van der Waals surface area (Å²) < 4.78 is 13.8. The summed E-state index contributed by atoms with van der Waals surface area (Å²) in [5.41, 5.74) is 7.39. The first-order valence-corrected chi connectivity index (χ1v) is 20.7. The minimum absolute atomic E-state index is 0. The van der Waals surface area contributed by atoms with Gasteiger partial charge in [-0.3, -0.25) is 0 Å². The van der Waals surface area contributed by atoms with Crippen LogP contribution in [0.3, 0.4) is 0 Å². The molecule has 0 aliphatic rings. The Morgan fingerprint density at radius 2 is 1.44 bits per heavy atom. The van der Waals surface area contributed by atoms with Crippen molar-refractivity contribution < 1.29 is 25.8 Å². The Bertz CT molecular complexity index is 3200. The summed E-state index contributed by atoms with van der Waals surface area (Å²) in [5.74, 6) is 2.04. The molecule has 0 radical (unpaired) electrons. The number of para-hydroxylation sites is 1. The molecule has 8 heteroatoms. The third kappa shape index (κ3) is 6.54. The van der Waals surface area contributed by atoms with Crippen LogP contribution in [0.4, 0.5) is 0 Å². The van der Waals surface area contributed by atoms with E-state index >= 15 is 0 Å². The molecule has 0 fully saturated rings. The first-order valence-electron chi connectivity index (χ1n) is 19.1. The standard InChI is InChI=1S/C49H40N4OS2.Pt/c1-28-43-38-20-19-37-36-17-15-29(27-48(2,3)4)23-41(36)55-45(37)46(38)56-47(43)44(52-51-28)30-11-10-12-32(24-30)54-33-16-18-35-34-13-8-9-14-39(34)53(40(35)26-33)42-25-31(21-22-50-42)49(5,6)7;/h8-23,25H,27H2,1-7H3;/q-2;+2. The second-order valence-corrected chi connectivity index (χ2v) is 19.1. The van der Waals surface area contributed by atoms with Crippen molar-refractivity contribution in [1.82, 2.24) is 19.7 Å². The Morgan fingerprint density at radius 3 is 2.26 bits per heavy atom. The largest absolute Gasteiger partial charge is 2.00 e. The summed E-state index contributed by atoms with van der Waals surface area (Å²) in [4.78, 5) is 4.83. The molecule has 5 nitrogen and oxygen atoms in total. The van der Waals surface area contributed by atoms with Gasteiger partial charge in [-0.2, -0.15) is 16.3 Å². The van der Waals surface area contributed by atoms with Crippen LogP contribution in [0.2, 0.25) is 0 Å². The maximum absolute atomic E-state index is 6.55. The van der Waals surface area contributed by atoms with Crippen molar-refractivity contribution in [2.24, 2.45) is 5.41 Å². The van der Waals surface area contributed by atoms with Gasteiger partial charge in [0.1, 0.15) is 5.82 Å². The number of pyridine rings is 1. The molecule has 0 bridgehead atoms. The van der Waals surface area contributed by atoms with Crippen LogP contribution >= 0.6 is 22.7 Å². The van der Waals surface area contributed by atoms with Crippen molar-refractivity contribution in [2.45, 2.75) is 60.3 Å². The number of nitrogens with zero attached hydrogens (tertiary/aromatic N) is 4. The molecule has 0 aliphatic heterocycles. The number of benzene rings is 5. The van der Waals surface area contributed by atoms with Gasteiger partial charge in [0.25, 0.3) is 0 Å². The Morgan fingerprint density at radius 1 is 0.684 bits per heavy atom. The molecule has 10 rings (SSSR count). The zero-order valence-electron chi connectivity index (χ0n) is 32.9. The van der Waals surface area contributed by atoms with Gasteiger partial charge in [0.15, 0.2) is 0 Å². The van der Waals surface area contributed by atoms with Gasteiger partial charge >= 0.3 is 21.1 Å². The minimum Gasteiger partial charge on any atom is -0.503 e. The van der Waals surface area contributed by atoms with Crippen LogP contribution in [0.1, 0.15) is 58.4 Å². The van der Waals surface area contributed by atoms with Crippen LogP contribution in [0, 0.1) is 24.5 Å². The maximum atomic E-state index is 6.55. The fraction of sp³-hybridized carbons (Fsp3) is 0.204. The molecule has 0 saturated carbocycles. The van der Waals surface area contributed by atoms with Crippen molar-refractivity contribution in [3.8, 4) is 28.6 Å². The van der Waals surface area contributed by atoms with Crippen molar-refractivity contribution in [1.29, 1.82) is 0 Å². The second kappa shape index (κ2) is 13.9. The number of hydrogen-bond donors (Lipinski definition) is 0. The van der Waals surface area contributed by atoms with Crippen molar-refractivity contribution in [2.75, 3.05) is 0 Å². The Labute approximate surface area is 354 Å². The van der Waals surface area contributed by atoms with Crippen LogP contribution in [-0.4, -0.2) is 19.7 Å². The van der Waals surface area contributed by atoms with E-state index in [1.165, 1.54) is 41.4 Å². The van der Waals surface area contributed by atoms with Crippen LogP contribution in [0.15, 0.2) is 103 Å². The zero-order chi connectivity index (χ0) is 38.5. The molecule has 5 aromatic carbocycles. The van der Waals surface area contributed by atoms with Crippen molar-refractivity contribution in [3.05, 3.63) is 132 Å². The first kappa shape index (κ1) is 37.6. The average Bonchev–Trinajstić information content (AvgIpc) is 3.84. The van der Waals surface area contributed by atoms with E-state index in [4.69, 9.17) is 14.8 Å². The molecule has 0 saturated heterocycles. The van der Waals surface area contributed by atoms with E-state index in [1.54, 1.807) is 11.3 Å². The quantitative estimate of drug-likeness (QED) is 0.161. The Balaban J connectivity index is 0.00000422. The first-order chi connectivity index (χ1) is 26.9. The van der Waals surface area contributed by atoms with Gasteiger partial charge in [-0.15, -0.1) is 64.0 Å². The predicted molar refractivity (Wildman–Crippen MR) is 236 cm³/mol. The van der Waals surface area contributed by atoms with Crippen LogP contribution in [-0.2, 0) is 32.9 Å². The van der Waals surface area contributed by atoms with Gasteiger partial charge in [0.2, 0.25) is 0 Å². The van der Waals surface area contributed by atoms with E-state index in [1.807, 2.05) is 41.8 Å². The monoisotopic (exact) mass is 959 g/mol. The molecule has 0 amide bonds. The molecular weight excluding hydrogens is 920 g/mol. The fourth-order valence-electron chi connectivity index (χ4n) is 8.02. The molecule has 57 heavy (non-hydrogen) atoms. The topological polar surface area (TPSA) is 52.8 Å². The normalized spacial score (nSPS) is 12.4. The predicted octanol–water partition coefficient (Wildman–Crippen LogP) is 14.0. The number of thiophene rings is 2. The SMILES string of the molecule is Cc1nnc(-c2[c-]c(Oc3[c-]c4c(cc3)c3ccccc3n4-c3cc(C(C)(C)C)ccn3)ccc2)c2sc3c(ccc4c5ccc(CC(C)(C)C)cc5sc43)c12.[Pt+2]. The molecule has 0 unspecified atom stereocenters. The van der Waals surface area contributed by atoms with Gasteiger partial charge in [-0.1, -0.05) is 95.6 Å². The zero-order valence-corrected chi connectivity index (χ0v) is 36.8. The molecule has 5 heterocycles. The fourth-order valence-corrected chi connectivity index (χ4v) is 10.8. The van der Waals surface area contributed by atoms with Gasteiger partial charge < -0.3 is 9.30 Å². The van der Waals surface area contributed by atoms with E-state index < -0.39 is 0 Å². The number of ether oxygens (including phenoxy) is 1. The van der Waals surface area contributed by atoms with Gasteiger partial charge in [-0.25, -0.2) is 4.98 Å². The summed E-state index contributed by atoms with van der Waals surface area (Å²) in [7, 11) is 0. The number of fused-ring (bicyclic) bond motifs is 10. The summed E-state index contributed by atoms with van der Waals surface area (Å²) in [6, 6.07) is 41.5. The third-order valence-electron chi connectivity index (χ3n) is 10.6.